The van der Waals surface area contributed by atoms with Gasteiger partial charge in [-0.3, -0.25) is 9.52 Å². The second-order valence-corrected chi connectivity index (χ2v) is 10.1. The fourth-order valence-electron chi connectivity index (χ4n) is 3.59. The predicted octanol–water partition coefficient (Wildman–Crippen LogP) is 3.50. The van der Waals surface area contributed by atoms with Gasteiger partial charge in [-0.05, 0) is 38.0 Å². The molecule has 1 aliphatic rings. The zero-order chi connectivity index (χ0) is 22.2. The fourth-order valence-corrected chi connectivity index (χ4v) is 5.83. The number of amides is 1. The van der Waals surface area contributed by atoms with Crippen LogP contribution in [0, 0.1) is 6.92 Å². The lowest BCUT2D eigenvalue weighted by atomic mass is 10.3. The minimum Gasteiger partial charge on any atom is -0.495 e. The molecule has 1 aliphatic heterocycles. The summed E-state index contributed by atoms with van der Waals surface area (Å²) in [5, 5.41) is 0.612. The number of methoxy groups -OCH3 is 1. The Balaban J connectivity index is 1.63. The highest BCUT2D eigenvalue weighted by molar-refractivity contribution is 7.92. The quantitative estimate of drug-likeness (QED) is 0.608. The van der Waals surface area contributed by atoms with Gasteiger partial charge in [-0.1, -0.05) is 12.1 Å². The summed E-state index contributed by atoms with van der Waals surface area (Å²) in [6, 6.07) is 8.39. The van der Waals surface area contributed by atoms with Crippen LogP contribution in [-0.4, -0.2) is 49.0 Å². The number of thiazole rings is 1. The summed E-state index contributed by atoms with van der Waals surface area (Å²) in [4.78, 5) is 19.9. The molecule has 3 aromatic rings. The Labute approximate surface area is 185 Å². The van der Waals surface area contributed by atoms with Crippen molar-refractivity contribution in [3.05, 3.63) is 47.1 Å². The van der Waals surface area contributed by atoms with Crippen LogP contribution in [0.25, 0.3) is 10.7 Å². The maximum atomic E-state index is 13.0. The Kier molecular flexibility index (Phi) is 5.76. The highest BCUT2D eigenvalue weighted by atomic mass is 32.2. The number of carbonyl (C=O) groups excluding carboxylic acids is 1. The van der Waals surface area contributed by atoms with Gasteiger partial charge in [-0.25, -0.2) is 13.4 Å². The van der Waals surface area contributed by atoms with Gasteiger partial charge in [0.05, 0.1) is 24.2 Å². The number of likely N-dealkylation sites (tertiary alicyclic amines) is 1. The fraction of sp³-hybridized carbons (Fsp3) is 0.333. The molecular formula is C21H24N4O4S2. The van der Waals surface area contributed by atoms with Crippen molar-refractivity contribution in [3.63, 3.8) is 0 Å². The van der Waals surface area contributed by atoms with Crippen molar-refractivity contribution >= 4 is 33.0 Å². The summed E-state index contributed by atoms with van der Waals surface area (Å²) in [7, 11) is -0.592. The third-order valence-corrected chi connectivity index (χ3v) is 7.75. The van der Waals surface area contributed by atoms with Crippen molar-refractivity contribution in [2.75, 3.05) is 24.9 Å². The lowest BCUT2D eigenvalue weighted by Crippen LogP contribution is -2.27. The molecule has 31 heavy (non-hydrogen) atoms. The van der Waals surface area contributed by atoms with Crippen LogP contribution < -0.4 is 9.46 Å². The third kappa shape index (κ3) is 4.17. The van der Waals surface area contributed by atoms with Crippen molar-refractivity contribution < 1.29 is 17.9 Å². The zero-order valence-corrected chi connectivity index (χ0v) is 19.2. The van der Waals surface area contributed by atoms with Gasteiger partial charge in [-0.2, -0.15) is 0 Å². The Hall–Kier alpha value is -2.85. The molecule has 0 spiro atoms. The summed E-state index contributed by atoms with van der Waals surface area (Å²) in [5.74, 6) is 0.432. The summed E-state index contributed by atoms with van der Waals surface area (Å²) >= 11 is 1.30. The second kappa shape index (κ2) is 8.35. The van der Waals surface area contributed by atoms with E-state index in [4.69, 9.17) is 4.74 Å². The molecule has 0 unspecified atom stereocenters. The maximum absolute atomic E-state index is 13.0. The largest absolute Gasteiger partial charge is 0.495 e. The van der Waals surface area contributed by atoms with Crippen LogP contribution >= 0.6 is 11.3 Å². The van der Waals surface area contributed by atoms with E-state index in [1.165, 1.54) is 24.6 Å². The van der Waals surface area contributed by atoms with E-state index in [9.17, 15) is 13.2 Å². The number of para-hydroxylation sites is 2. The first-order valence-corrected chi connectivity index (χ1v) is 12.2. The van der Waals surface area contributed by atoms with Gasteiger partial charge in [-0.15, -0.1) is 11.3 Å². The molecule has 0 saturated carbocycles. The normalized spacial score (nSPS) is 14.1. The molecule has 164 valence electrons. The number of aromatic nitrogens is 2. The molecule has 2 aromatic heterocycles. The van der Waals surface area contributed by atoms with E-state index in [-0.39, 0.29) is 10.8 Å². The molecule has 1 fully saturated rings. The first-order valence-electron chi connectivity index (χ1n) is 9.89. The van der Waals surface area contributed by atoms with Gasteiger partial charge in [0, 0.05) is 26.3 Å². The van der Waals surface area contributed by atoms with Crippen LogP contribution in [0.4, 0.5) is 5.69 Å². The standard InChI is InChI=1S/C21H24N4O4S2/c1-14-19(21(26)25-10-6-7-11-25)30-20(22-14)17-12-15(13-24(17)2)31(27,28)23-16-8-4-5-9-18(16)29-3/h4-5,8-9,12-13,23H,6-7,10-11H2,1-3H3. The molecule has 0 aliphatic carbocycles. The van der Waals surface area contributed by atoms with Crippen LogP contribution in [0.5, 0.6) is 5.75 Å². The SMILES string of the molecule is COc1ccccc1NS(=O)(=O)c1cc(-c2nc(C)c(C(=O)N3CCCC3)s2)n(C)c1. The minimum atomic E-state index is -3.84. The molecule has 1 N–H and O–H groups in total. The molecule has 0 atom stereocenters. The number of benzene rings is 1. The highest BCUT2D eigenvalue weighted by Crippen LogP contribution is 2.33. The van der Waals surface area contributed by atoms with Crippen molar-refractivity contribution in [3.8, 4) is 16.5 Å². The Morgan fingerprint density at radius 2 is 1.94 bits per heavy atom. The summed E-state index contributed by atoms with van der Waals surface area (Å²) in [5.41, 5.74) is 1.66. The molecule has 8 nitrogen and oxygen atoms in total. The molecule has 1 aromatic carbocycles. The Bertz CT molecular complexity index is 1220. The van der Waals surface area contributed by atoms with Gasteiger partial charge < -0.3 is 14.2 Å². The van der Waals surface area contributed by atoms with Crippen LogP contribution in [0.1, 0.15) is 28.2 Å². The third-order valence-electron chi connectivity index (χ3n) is 5.24. The highest BCUT2D eigenvalue weighted by Gasteiger charge is 2.26. The molecule has 3 heterocycles. The van der Waals surface area contributed by atoms with Gasteiger partial charge in [0.25, 0.3) is 15.9 Å². The van der Waals surface area contributed by atoms with E-state index in [2.05, 4.69) is 9.71 Å². The summed E-state index contributed by atoms with van der Waals surface area (Å²) in [6.07, 6.45) is 3.58. The number of hydrogen-bond acceptors (Lipinski definition) is 6. The van der Waals surface area contributed by atoms with Gasteiger partial charge >= 0.3 is 0 Å². The van der Waals surface area contributed by atoms with Crippen LogP contribution in [-0.2, 0) is 17.1 Å². The molecule has 1 amide bonds. The number of nitrogens with zero attached hydrogens (tertiary/aromatic N) is 3. The molecule has 1 saturated heterocycles. The molecule has 10 heteroatoms. The van der Waals surface area contributed by atoms with Gasteiger partial charge in [0.1, 0.15) is 20.5 Å². The number of carbonyl (C=O) groups is 1. The number of nitrogens with one attached hydrogen (secondary N) is 1. The van der Waals surface area contributed by atoms with Gasteiger partial charge in [0.2, 0.25) is 0 Å². The summed E-state index contributed by atoms with van der Waals surface area (Å²) < 4.78 is 35.4. The maximum Gasteiger partial charge on any atom is 0.265 e. The lowest BCUT2D eigenvalue weighted by molar-refractivity contribution is 0.0796. The van der Waals surface area contributed by atoms with Crippen LogP contribution in [0.15, 0.2) is 41.4 Å². The first kappa shape index (κ1) is 21.4. The van der Waals surface area contributed by atoms with E-state index < -0.39 is 10.0 Å². The Morgan fingerprint density at radius 1 is 1.23 bits per heavy atom. The molecular weight excluding hydrogens is 436 g/mol. The smallest absolute Gasteiger partial charge is 0.265 e. The van der Waals surface area contributed by atoms with E-state index >= 15 is 0 Å². The monoisotopic (exact) mass is 460 g/mol. The van der Waals surface area contributed by atoms with Crippen molar-refractivity contribution in [1.82, 2.24) is 14.5 Å². The number of rotatable bonds is 6. The Morgan fingerprint density at radius 3 is 2.65 bits per heavy atom. The average molecular weight is 461 g/mol. The van der Waals surface area contributed by atoms with Crippen molar-refractivity contribution in [1.29, 1.82) is 0 Å². The van der Waals surface area contributed by atoms with Crippen LogP contribution in [0.3, 0.4) is 0 Å². The number of aryl methyl sites for hydroxylation is 2. The van der Waals surface area contributed by atoms with Crippen molar-refractivity contribution in [2.45, 2.75) is 24.7 Å². The second-order valence-electron chi connectivity index (χ2n) is 7.41. The van der Waals surface area contributed by atoms with E-state index in [0.717, 1.165) is 25.9 Å². The molecule has 4 rings (SSSR count). The molecule has 0 bridgehead atoms. The van der Waals surface area contributed by atoms with E-state index in [1.54, 1.807) is 41.9 Å². The van der Waals surface area contributed by atoms with Crippen molar-refractivity contribution in [2.24, 2.45) is 7.05 Å². The lowest BCUT2D eigenvalue weighted by Gasteiger charge is -2.13. The van der Waals surface area contributed by atoms with E-state index in [0.29, 0.717) is 32.7 Å². The predicted molar refractivity (Wildman–Crippen MR) is 120 cm³/mol. The number of hydrogen-bond donors (Lipinski definition) is 1. The first-order chi connectivity index (χ1) is 14.8. The van der Waals surface area contributed by atoms with Gasteiger partial charge in [0.15, 0.2) is 0 Å². The summed E-state index contributed by atoms with van der Waals surface area (Å²) in [6.45, 7) is 3.35. The van der Waals surface area contributed by atoms with E-state index in [1.807, 2.05) is 11.8 Å². The number of ether oxygens (including phenoxy) is 1. The minimum absolute atomic E-state index is 0.00126. The number of sulfonamides is 1. The average Bonchev–Trinajstić information content (AvgIpc) is 3.47. The number of anilines is 1. The zero-order valence-electron chi connectivity index (χ0n) is 17.6. The topological polar surface area (TPSA) is 93.5 Å². The van der Waals surface area contributed by atoms with Crippen LogP contribution in [0.2, 0.25) is 0 Å². The molecule has 0 radical (unpaired) electrons.